The maximum absolute atomic E-state index is 5.34. The zero-order valence-corrected chi connectivity index (χ0v) is 8.72. The Hall–Kier alpha value is 0.350. The maximum Gasteiger partial charge on any atom is 0.193 e. The smallest absolute Gasteiger partial charge is 0.193 e. The molecular formula is C7H7IO2S. The van der Waals surface area contributed by atoms with Crippen LogP contribution in [0.2, 0.25) is 0 Å². The summed E-state index contributed by atoms with van der Waals surface area (Å²) >= 11 is 3.98. The third-order valence-corrected chi connectivity index (χ3v) is 3.44. The Morgan fingerprint density at radius 3 is 2.73 bits per heavy atom. The van der Waals surface area contributed by atoms with Gasteiger partial charge in [-0.15, -0.1) is 11.3 Å². The van der Waals surface area contributed by atoms with Gasteiger partial charge in [-0.25, -0.2) is 0 Å². The van der Waals surface area contributed by atoms with E-state index in [0.29, 0.717) is 0 Å². The van der Waals surface area contributed by atoms with Gasteiger partial charge in [0.15, 0.2) is 6.29 Å². The van der Waals surface area contributed by atoms with Crippen LogP contribution in [0.5, 0.6) is 0 Å². The fraction of sp³-hybridized carbons (Fsp3) is 0.429. The van der Waals surface area contributed by atoms with Gasteiger partial charge < -0.3 is 9.47 Å². The number of thiophene rings is 1. The molecule has 1 saturated heterocycles. The maximum atomic E-state index is 5.34. The molecule has 2 nitrogen and oxygen atoms in total. The summed E-state index contributed by atoms with van der Waals surface area (Å²) in [7, 11) is 0. The number of rotatable bonds is 1. The highest BCUT2D eigenvalue weighted by Crippen LogP contribution is 2.29. The van der Waals surface area contributed by atoms with E-state index in [1.54, 1.807) is 11.3 Å². The van der Waals surface area contributed by atoms with Gasteiger partial charge in [0.05, 0.1) is 18.1 Å². The van der Waals surface area contributed by atoms with Crippen molar-refractivity contribution in [3.05, 3.63) is 19.9 Å². The minimum Gasteiger partial charge on any atom is -0.345 e. The summed E-state index contributed by atoms with van der Waals surface area (Å²) < 4.78 is 11.9. The predicted molar refractivity (Wildman–Crippen MR) is 51.7 cm³/mol. The summed E-state index contributed by atoms with van der Waals surface area (Å²) in [6.07, 6.45) is -0.0940. The molecule has 1 aromatic rings. The van der Waals surface area contributed by atoms with Gasteiger partial charge in [-0.2, -0.15) is 0 Å². The van der Waals surface area contributed by atoms with Crippen LogP contribution in [0.4, 0.5) is 0 Å². The van der Waals surface area contributed by atoms with E-state index in [0.717, 1.165) is 13.2 Å². The molecule has 0 spiro atoms. The fourth-order valence-corrected chi connectivity index (χ4v) is 2.66. The van der Waals surface area contributed by atoms with Crippen molar-refractivity contribution < 1.29 is 9.47 Å². The molecule has 60 valence electrons. The highest BCUT2D eigenvalue weighted by atomic mass is 127. The van der Waals surface area contributed by atoms with Gasteiger partial charge in [0, 0.05) is 8.95 Å². The van der Waals surface area contributed by atoms with E-state index < -0.39 is 0 Å². The van der Waals surface area contributed by atoms with Gasteiger partial charge in [0.2, 0.25) is 0 Å². The Labute approximate surface area is 82.6 Å². The normalized spacial score (nSPS) is 19.4. The van der Waals surface area contributed by atoms with Crippen molar-refractivity contribution in [2.75, 3.05) is 13.2 Å². The van der Waals surface area contributed by atoms with Crippen LogP contribution in [0.1, 0.15) is 11.2 Å². The van der Waals surface area contributed by atoms with E-state index in [4.69, 9.17) is 9.47 Å². The van der Waals surface area contributed by atoms with Crippen molar-refractivity contribution in [2.45, 2.75) is 6.29 Å². The van der Waals surface area contributed by atoms with Crippen LogP contribution in [-0.4, -0.2) is 13.2 Å². The molecule has 1 fully saturated rings. The van der Waals surface area contributed by atoms with Gasteiger partial charge in [0.1, 0.15) is 0 Å². The van der Waals surface area contributed by atoms with Crippen molar-refractivity contribution >= 4 is 33.9 Å². The lowest BCUT2D eigenvalue weighted by molar-refractivity contribution is -0.0413. The van der Waals surface area contributed by atoms with E-state index in [1.807, 2.05) is 0 Å². The Morgan fingerprint density at radius 1 is 1.45 bits per heavy atom. The molecule has 1 aliphatic rings. The molecule has 1 aromatic heterocycles. The van der Waals surface area contributed by atoms with Gasteiger partial charge in [-0.3, -0.25) is 0 Å². The van der Waals surface area contributed by atoms with E-state index >= 15 is 0 Å². The molecule has 0 amide bonds. The van der Waals surface area contributed by atoms with Gasteiger partial charge >= 0.3 is 0 Å². The molecule has 1 aliphatic heterocycles. The van der Waals surface area contributed by atoms with E-state index in [-0.39, 0.29) is 6.29 Å². The first-order valence-electron chi connectivity index (χ1n) is 3.33. The first kappa shape index (κ1) is 7.97. The molecule has 0 saturated carbocycles. The molecule has 11 heavy (non-hydrogen) atoms. The second kappa shape index (κ2) is 3.38. The summed E-state index contributed by atoms with van der Waals surface area (Å²) in [4.78, 5) is 1.17. The van der Waals surface area contributed by atoms with Gasteiger partial charge in [-0.05, 0) is 28.7 Å². The third-order valence-electron chi connectivity index (χ3n) is 1.44. The van der Waals surface area contributed by atoms with Crippen molar-refractivity contribution in [2.24, 2.45) is 0 Å². The topological polar surface area (TPSA) is 18.5 Å². The minimum atomic E-state index is -0.0940. The molecule has 0 radical (unpaired) electrons. The molecule has 2 heterocycles. The molecule has 0 aliphatic carbocycles. The van der Waals surface area contributed by atoms with Crippen LogP contribution in [0, 0.1) is 3.57 Å². The lowest BCUT2D eigenvalue weighted by Crippen LogP contribution is -1.93. The minimum absolute atomic E-state index is 0.0940. The zero-order chi connectivity index (χ0) is 7.68. The van der Waals surface area contributed by atoms with E-state index in [2.05, 4.69) is 34.0 Å². The SMILES string of the molecule is Ic1csc(C2OCCO2)c1. The molecule has 0 atom stereocenters. The Morgan fingerprint density at radius 2 is 2.18 bits per heavy atom. The Kier molecular flexibility index (Phi) is 2.45. The molecule has 4 heteroatoms. The van der Waals surface area contributed by atoms with E-state index in [1.165, 1.54) is 8.45 Å². The molecule has 0 aromatic carbocycles. The summed E-state index contributed by atoms with van der Waals surface area (Å²) in [6.45, 7) is 1.44. The van der Waals surface area contributed by atoms with Crippen molar-refractivity contribution in [3.63, 3.8) is 0 Å². The van der Waals surface area contributed by atoms with Gasteiger partial charge in [-0.1, -0.05) is 0 Å². The first-order valence-corrected chi connectivity index (χ1v) is 5.29. The van der Waals surface area contributed by atoms with E-state index in [9.17, 15) is 0 Å². The summed E-state index contributed by atoms with van der Waals surface area (Å²) in [5, 5.41) is 2.10. The first-order chi connectivity index (χ1) is 5.36. The van der Waals surface area contributed by atoms with Crippen LogP contribution >= 0.6 is 33.9 Å². The summed E-state index contributed by atoms with van der Waals surface area (Å²) in [5.74, 6) is 0. The fourth-order valence-electron chi connectivity index (χ4n) is 0.975. The predicted octanol–water partition coefficient (Wildman–Crippen LogP) is 2.40. The Balaban J connectivity index is 2.15. The second-order valence-electron chi connectivity index (χ2n) is 2.24. The highest BCUT2D eigenvalue weighted by Gasteiger charge is 2.19. The number of halogens is 1. The highest BCUT2D eigenvalue weighted by molar-refractivity contribution is 14.1. The second-order valence-corrected chi connectivity index (χ2v) is 4.43. The zero-order valence-electron chi connectivity index (χ0n) is 5.75. The molecule has 0 unspecified atom stereocenters. The molecule has 0 N–H and O–H groups in total. The standard InChI is InChI=1S/C7H7IO2S/c8-5-3-6(11-4-5)7-9-1-2-10-7/h3-4,7H,1-2H2. The van der Waals surface area contributed by atoms with Crippen LogP contribution in [-0.2, 0) is 9.47 Å². The molecular weight excluding hydrogens is 275 g/mol. The van der Waals surface area contributed by atoms with Crippen LogP contribution < -0.4 is 0 Å². The average Bonchev–Trinajstić information content (AvgIpc) is 2.55. The average molecular weight is 282 g/mol. The number of hydrogen-bond acceptors (Lipinski definition) is 3. The van der Waals surface area contributed by atoms with Gasteiger partial charge in [0.25, 0.3) is 0 Å². The van der Waals surface area contributed by atoms with Crippen LogP contribution in [0.25, 0.3) is 0 Å². The lowest BCUT2D eigenvalue weighted by atomic mass is 10.5. The van der Waals surface area contributed by atoms with Crippen molar-refractivity contribution in [3.8, 4) is 0 Å². The number of ether oxygens (including phenoxy) is 2. The lowest BCUT2D eigenvalue weighted by Gasteiger charge is -2.03. The molecule has 0 bridgehead atoms. The monoisotopic (exact) mass is 282 g/mol. The number of hydrogen-bond donors (Lipinski definition) is 0. The molecule has 2 rings (SSSR count). The largest absolute Gasteiger partial charge is 0.345 e. The van der Waals surface area contributed by atoms with Crippen molar-refractivity contribution in [1.29, 1.82) is 0 Å². The summed E-state index contributed by atoms with van der Waals surface area (Å²) in [5.41, 5.74) is 0. The summed E-state index contributed by atoms with van der Waals surface area (Å²) in [6, 6.07) is 2.10. The third kappa shape index (κ3) is 1.74. The quantitative estimate of drug-likeness (QED) is 0.736. The van der Waals surface area contributed by atoms with Crippen LogP contribution in [0.3, 0.4) is 0 Å². The van der Waals surface area contributed by atoms with Crippen molar-refractivity contribution in [1.82, 2.24) is 0 Å². The Bertz CT molecular complexity index is 242. The van der Waals surface area contributed by atoms with Crippen LogP contribution in [0.15, 0.2) is 11.4 Å².